The van der Waals surface area contributed by atoms with Crippen LogP contribution >= 0.6 is 11.8 Å². The maximum absolute atomic E-state index is 12.2. The summed E-state index contributed by atoms with van der Waals surface area (Å²) in [5.41, 5.74) is -2.87. The SMILES string of the molecule is Cc1c(CCC=O)cccc1SC(F)(F)F. The Labute approximate surface area is 96.0 Å². The Bertz CT molecular complexity index is 374. The Balaban J connectivity index is 2.90. The minimum Gasteiger partial charge on any atom is -0.303 e. The maximum Gasteiger partial charge on any atom is 0.446 e. The molecule has 0 saturated heterocycles. The van der Waals surface area contributed by atoms with E-state index >= 15 is 0 Å². The largest absolute Gasteiger partial charge is 0.446 e. The second-order valence-electron chi connectivity index (χ2n) is 3.29. The van der Waals surface area contributed by atoms with Gasteiger partial charge < -0.3 is 4.79 Å². The van der Waals surface area contributed by atoms with Gasteiger partial charge in [0.1, 0.15) is 6.29 Å². The van der Waals surface area contributed by atoms with Gasteiger partial charge in [-0.2, -0.15) is 13.2 Å². The molecule has 1 nitrogen and oxygen atoms in total. The summed E-state index contributed by atoms with van der Waals surface area (Å²) in [6, 6.07) is 4.78. The topological polar surface area (TPSA) is 17.1 Å². The summed E-state index contributed by atoms with van der Waals surface area (Å²) < 4.78 is 36.6. The van der Waals surface area contributed by atoms with Crippen LogP contribution < -0.4 is 0 Å². The summed E-state index contributed by atoms with van der Waals surface area (Å²) in [6.07, 6.45) is 1.59. The summed E-state index contributed by atoms with van der Waals surface area (Å²) in [7, 11) is 0. The average molecular weight is 248 g/mol. The van der Waals surface area contributed by atoms with Gasteiger partial charge >= 0.3 is 5.51 Å². The van der Waals surface area contributed by atoms with Gasteiger partial charge in [0.25, 0.3) is 0 Å². The monoisotopic (exact) mass is 248 g/mol. The normalized spacial score (nSPS) is 11.5. The van der Waals surface area contributed by atoms with Crippen molar-refractivity contribution in [2.45, 2.75) is 30.2 Å². The van der Waals surface area contributed by atoms with Crippen molar-refractivity contribution in [3.05, 3.63) is 29.3 Å². The van der Waals surface area contributed by atoms with Gasteiger partial charge in [-0.3, -0.25) is 0 Å². The third-order valence-corrected chi connectivity index (χ3v) is 3.05. The predicted octanol–water partition coefficient (Wildman–Crippen LogP) is 3.74. The molecule has 0 aliphatic rings. The first-order valence-electron chi connectivity index (χ1n) is 4.72. The second-order valence-corrected chi connectivity index (χ2v) is 4.40. The first-order chi connectivity index (χ1) is 7.44. The lowest BCUT2D eigenvalue weighted by molar-refractivity contribution is -0.107. The molecule has 0 amide bonds. The first-order valence-corrected chi connectivity index (χ1v) is 5.53. The zero-order valence-electron chi connectivity index (χ0n) is 8.67. The van der Waals surface area contributed by atoms with Crippen molar-refractivity contribution in [2.75, 3.05) is 0 Å². The fraction of sp³-hybridized carbons (Fsp3) is 0.364. The molecule has 88 valence electrons. The summed E-state index contributed by atoms with van der Waals surface area (Å²) >= 11 is -0.113. The molecule has 0 aliphatic heterocycles. The van der Waals surface area contributed by atoms with E-state index < -0.39 is 5.51 Å². The van der Waals surface area contributed by atoms with Crippen molar-refractivity contribution < 1.29 is 18.0 Å². The highest BCUT2D eigenvalue weighted by atomic mass is 32.2. The van der Waals surface area contributed by atoms with Crippen LogP contribution in [0.4, 0.5) is 13.2 Å². The Morgan fingerprint density at radius 2 is 2.06 bits per heavy atom. The highest BCUT2D eigenvalue weighted by molar-refractivity contribution is 8.00. The summed E-state index contributed by atoms with van der Waals surface area (Å²) in [6.45, 7) is 1.65. The molecule has 0 bridgehead atoms. The number of hydrogen-bond acceptors (Lipinski definition) is 2. The molecule has 1 aromatic carbocycles. The summed E-state index contributed by atoms with van der Waals surface area (Å²) in [4.78, 5) is 10.4. The van der Waals surface area contributed by atoms with E-state index in [0.29, 0.717) is 18.4 Å². The van der Waals surface area contributed by atoms with Crippen LogP contribution in [-0.2, 0) is 11.2 Å². The van der Waals surface area contributed by atoms with Gasteiger partial charge in [-0.05, 0) is 42.3 Å². The summed E-state index contributed by atoms with van der Waals surface area (Å²) in [5.74, 6) is 0. The molecular formula is C11H11F3OS. The van der Waals surface area contributed by atoms with E-state index in [1.165, 1.54) is 6.07 Å². The number of benzene rings is 1. The van der Waals surface area contributed by atoms with Gasteiger partial charge in [-0.25, -0.2) is 0 Å². The number of carbonyl (C=O) groups excluding carboxylic acids is 1. The van der Waals surface area contributed by atoms with E-state index in [2.05, 4.69) is 0 Å². The molecule has 0 radical (unpaired) electrons. The smallest absolute Gasteiger partial charge is 0.303 e. The van der Waals surface area contributed by atoms with E-state index in [1.807, 2.05) is 0 Å². The van der Waals surface area contributed by atoms with Crippen LogP contribution in [0.3, 0.4) is 0 Å². The zero-order valence-corrected chi connectivity index (χ0v) is 9.49. The van der Waals surface area contributed by atoms with Crippen LogP contribution in [-0.4, -0.2) is 11.8 Å². The highest BCUT2D eigenvalue weighted by Crippen LogP contribution is 2.39. The lowest BCUT2D eigenvalue weighted by Gasteiger charge is -2.11. The van der Waals surface area contributed by atoms with Crippen molar-refractivity contribution in [1.82, 2.24) is 0 Å². The van der Waals surface area contributed by atoms with E-state index in [0.717, 1.165) is 11.8 Å². The molecule has 1 rings (SSSR count). The number of carbonyl (C=O) groups is 1. The molecule has 5 heteroatoms. The third-order valence-electron chi connectivity index (χ3n) is 2.15. The number of aryl methyl sites for hydroxylation is 1. The molecule has 0 fully saturated rings. The molecule has 0 unspecified atom stereocenters. The Hall–Kier alpha value is -0.970. The molecule has 16 heavy (non-hydrogen) atoms. The van der Waals surface area contributed by atoms with Gasteiger partial charge in [-0.1, -0.05) is 12.1 Å². The number of thioether (sulfide) groups is 1. The van der Waals surface area contributed by atoms with Crippen LogP contribution in [0, 0.1) is 6.92 Å². The number of alkyl halides is 3. The minimum atomic E-state index is -4.27. The van der Waals surface area contributed by atoms with Crippen LogP contribution in [0.5, 0.6) is 0 Å². The Morgan fingerprint density at radius 3 is 2.62 bits per heavy atom. The molecule has 0 aromatic heterocycles. The molecule has 0 atom stereocenters. The van der Waals surface area contributed by atoms with E-state index in [1.54, 1.807) is 19.1 Å². The molecule has 0 saturated carbocycles. The lowest BCUT2D eigenvalue weighted by atomic mass is 10.0. The van der Waals surface area contributed by atoms with Crippen molar-refractivity contribution >= 4 is 18.0 Å². The van der Waals surface area contributed by atoms with Gasteiger partial charge in [-0.15, -0.1) is 0 Å². The lowest BCUT2D eigenvalue weighted by Crippen LogP contribution is -2.01. The van der Waals surface area contributed by atoms with Gasteiger partial charge in [0.05, 0.1) is 0 Å². The number of halogens is 3. The molecule has 0 spiro atoms. The van der Waals surface area contributed by atoms with Crippen molar-refractivity contribution in [1.29, 1.82) is 0 Å². The molecule has 0 N–H and O–H groups in total. The van der Waals surface area contributed by atoms with Crippen molar-refractivity contribution in [3.8, 4) is 0 Å². The molecule has 0 aliphatic carbocycles. The summed E-state index contributed by atoms with van der Waals surface area (Å²) in [5, 5.41) is 0. The van der Waals surface area contributed by atoms with Crippen LogP contribution in [0.2, 0.25) is 0 Å². The fourth-order valence-electron chi connectivity index (χ4n) is 1.38. The van der Waals surface area contributed by atoms with E-state index in [-0.39, 0.29) is 16.7 Å². The van der Waals surface area contributed by atoms with Crippen LogP contribution in [0.1, 0.15) is 17.5 Å². The number of hydrogen-bond donors (Lipinski definition) is 0. The van der Waals surface area contributed by atoms with Crippen molar-refractivity contribution in [3.63, 3.8) is 0 Å². The maximum atomic E-state index is 12.2. The highest BCUT2D eigenvalue weighted by Gasteiger charge is 2.30. The Kier molecular flexibility index (Phi) is 4.41. The van der Waals surface area contributed by atoms with Gasteiger partial charge in [0, 0.05) is 11.3 Å². The van der Waals surface area contributed by atoms with Gasteiger partial charge in [0.15, 0.2) is 0 Å². The van der Waals surface area contributed by atoms with Crippen LogP contribution in [0.25, 0.3) is 0 Å². The van der Waals surface area contributed by atoms with Gasteiger partial charge in [0.2, 0.25) is 0 Å². The molecular weight excluding hydrogens is 237 g/mol. The minimum absolute atomic E-state index is 0.113. The standard InChI is InChI=1S/C11H11F3OS/c1-8-9(5-3-7-15)4-2-6-10(8)16-11(12,13)14/h2,4,6-7H,3,5H2,1H3. The molecule has 1 aromatic rings. The third kappa shape index (κ3) is 3.89. The number of rotatable bonds is 4. The predicted molar refractivity (Wildman–Crippen MR) is 57.5 cm³/mol. The van der Waals surface area contributed by atoms with E-state index in [4.69, 9.17) is 0 Å². The molecule has 0 heterocycles. The Morgan fingerprint density at radius 1 is 1.38 bits per heavy atom. The van der Waals surface area contributed by atoms with Crippen LogP contribution in [0.15, 0.2) is 23.1 Å². The quantitative estimate of drug-likeness (QED) is 0.596. The fourth-order valence-corrected chi connectivity index (χ4v) is 2.06. The average Bonchev–Trinajstić information content (AvgIpc) is 2.17. The van der Waals surface area contributed by atoms with Crippen molar-refractivity contribution in [2.24, 2.45) is 0 Å². The van der Waals surface area contributed by atoms with E-state index in [9.17, 15) is 18.0 Å². The second kappa shape index (κ2) is 5.39. The first kappa shape index (κ1) is 13.1. The number of aldehydes is 1. The zero-order chi connectivity index (χ0) is 12.2.